The second-order valence-electron chi connectivity index (χ2n) is 6.00. The molecule has 1 saturated carbocycles. The number of oxime groups is 1. The predicted octanol–water partition coefficient (Wildman–Crippen LogP) is 1.24. The fraction of sp³-hybridized carbons (Fsp3) is 0.500. The van der Waals surface area contributed by atoms with Crippen molar-refractivity contribution in [3.05, 3.63) is 30.1 Å². The van der Waals surface area contributed by atoms with Crippen molar-refractivity contribution in [3.8, 4) is 0 Å². The van der Waals surface area contributed by atoms with Crippen LogP contribution < -0.4 is 16.2 Å². The summed E-state index contributed by atoms with van der Waals surface area (Å²) in [5.41, 5.74) is 6.22. The summed E-state index contributed by atoms with van der Waals surface area (Å²) in [5.74, 6) is -0.434. The molecule has 3 amide bonds. The van der Waals surface area contributed by atoms with Crippen molar-refractivity contribution in [1.29, 1.82) is 0 Å². The van der Waals surface area contributed by atoms with Crippen molar-refractivity contribution in [3.63, 3.8) is 0 Å². The van der Waals surface area contributed by atoms with E-state index in [1.54, 1.807) is 18.5 Å². The van der Waals surface area contributed by atoms with Crippen LogP contribution in [0, 0.1) is 0 Å². The van der Waals surface area contributed by atoms with Gasteiger partial charge in [0.05, 0.1) is 5.71 Å². The molecule has 0 aromatic carbocycles. The summed E-state index contributed by atoms with van der Waals surface area (Å²) in [6.45, 7) is 0. The van der Waals surface area contributed by atoms with Crippen molar-refractivity contribution in [2.75, 3.05) is 0 Å². The number of hydrazine groups is 1. The van der Waals surface area contributed by atoms with Crippen LogP contribution in [-0.4, -0.2) is 34.8 Å². The molecule has 8 heteroatoms. The van der Waals surface area contributed by atoms with E-state index in [1.165, 1.54) is 6.42 Å². The standard InChI is InChI=1S/C16H21N5O3/c22-15(19-20-16(23)18-12-6-2-1-3-7-12)14-9-13(21-24-14)11-5-4-8-17-10-11/h4-5,8,10,12,14H,1-3,6-7,9H2,(H,19,22)(H2,18,20,23)/t14-/m1/s1. The SMILES string of the molecule is O=C(NNC(=O)[C@H]1CC(c2cccnc2)=NO1)NC1CCCCC1. The Morgan fingerprint density at radius 2 is 2.00 bits per heavy atom. The molecule has 2 heterocycles. The zero-order valence-corrected chi connectivity index (χ0v) is 13.3. The highest BCUT2D eigenvalue weighted by molar-refractivity contribution is 6.03. The Balaban J connectivity index is 1.41. The number of carbonyl (C=O) groups excluding carboxylic acids is 2. The summed E-state index contributed by atoms with van der Waals surface area (Å²) in [5, 5.41) is 6.77. The maximum atomic E-state index is 12.1. The van der Waals surface area contributed by atoms with Gasteiger partial charge < -0.3 is 10.2 Å². The Morgan fingerprint density at radius 1 is 1.17 bits per heavy atom. The highest BCUT2D eigenvalue weighted by Gasteiger charge is 2.29. The Hall–Kier alpha value is -2.64. The molecule has 1 aliphatic carbocycles. The quantitative estimate of drug-likeness (QED) is 0.725. The maximum Gasteiger partial charge on any atom is 0.333 e. The van der Waals surface area contributed by atoms with Gasteiger partial charge in [-0.15, -0.1) is 0 Å². The van der Waals surface area contributed by atoms with Crippen LogP contribution in [0.25, 0.3) is 0 Å². The number of nitrogens with zero attached hydrogens (tertiary/aromatic N) is 2. The highest BCUT2D eigenvalue weighted by Crippen LogP contribution is 2.17. The van der Waals surface area contributed by atoms with Gasteiger partial charge in [-0.3, -0.25) is 15.2 Å². The number of urea groups is 1. The van der Waals surface area contributed by atoms with Crippen molar-refractivity contribution >= 4 is 17.6 Å². The van der Waals surface area contributed by atoms with E-state index >= 15 is 0 Å². The van der Waals surface area contributed by atoms with Crippen LogP contribution in [0.4, 0.5) is 4.79 Å². The van der Waals surface area contributed by atoms with Gasteiger partial charge >= 0.3 is 6.03 Å². The minimum absolute atomic E-state index is 0.180. The summed E-state index contributed by atoms with van der Waals surface area (Å²) in [6.07, 6.45) is 8.35. The average molecular weight is 331 g/mol. The van der Waals surface area contributed by atoms with Gasteiger partial charge in [-0.05, 0) is 25.0 Å². The molecule has 1 aromatic rings. The van der Waals surface area contributed by atoms with Crippen LogP contribution in [-0.2, 0) is 9.63 Å². The van der Waals surface area contributed by atoms with Gasteiger partial charge in [-0.1, -0.05) is 24.4 Å². The monoisotopic (exact) mass is 331 g/mol. The van der Waals surface area contributed by atoms with E-state index in [-0.39, 0.29) is 6.04 Å². The first-order chi connectivity index (χ1) is 11.7. The second-order valence-corrected chi connectivity index (χ2v) is 6.00. The van der Waals surface area contributed by atoms with Crippen LogP contribution in [0.1, 0.15) is 44.1 Å². The molecule has 0 spiro atoms. The van der Waals surface area contributed by atoms with Crippen LogP contribution in [0.15, 0.2) is 29.7 Å². The average Bonchev–Trinajstić information content (AvgIpc) is 3.11. The first-order valence-corrected chi connectivity index (χ1v) is 8.22. The van der Waals surface area contributed by atoms with Crippen molar-refractivity contribution < 1.29 is 14.4 Å². The number of pyridine rings is 1. The molecule has 1 atom stereocenters. The number of aromatic nitrogens is 1. The molecule has 0 radical (unpaired) electrons. The zero-order valence-electron chi connectivity index (χ0n) is 13.3. The molecule has 1 aromatic heterocycles. The van der Waals surface area contributed by atoms with Crippen LogP contribution >= 0.6 is 0 Å². The molecule has 24 heavy (non-hydrogen) atoms. The number of hydrogen-bond donors (Lipinski definition) is 3. The number of carbonyl (C=O) groups is 2. The maximum absolute atomic E-state index is 12.1. The molecule has 3 N–H and O–H groups in total. The molecule has 1 fully saturated rings. The lowest BCUT2D eigenvalue weighted by molar-refractivity contribution is -0.131. The Bertz CT molecular complexity index is 613. The van der Waals surface area contributed by atoms with Crippen LogP contribution in [0.5, 0.6) is 0 Å². The van der Waals surface area contributed by atoms with Gasteiger partial charge in [0.15, 0.2) is 0 Å². The molecule has 2 aliphatic rings. The third kappa shape index (κ3) is 4.21. The number of rotatable bonds is 3. The topological polar surface area (TPSA) is 105 Å². The third-order valence-corrected chi connectivity index (χ3v) is 4.20. The van der Waals surface area contributed by atoms with Gasteiger partial charge in [0, 0.05) is 30.4 Å². The van der Waals surface area contributed by atoms with E-state index in [9.17, 15) is 9.59 Å². The molecule has 0 bridgehead atoms. The molecule has 3 rings (SSSR count). The molecular weight excluding hydrogens is 310 g/mol. The summed E-state index contributed by atoms with van der Waals surface area (Å²) in [6, 6.07) is 3.42. The predicted molar refractivity (Wildman–Crippen MR) is 86.9 cm³/mol. The fourth-order valence-corrected chi connectivity index (χ4v) is 2.89. The second kappa shape index (κ2) is 7.76. The first-order valence-electron chi connectivity index (χ1n) is 8.22. The summed E-state index contributed by atoms with van der Waals surface area (Å²) < 4.78 is 0. The van der Waals surface area contributed by atoms with Gasteiger partial charge in [0.25, 0.3) is 5.91 Å². The number of hydrogen-bond acceptors (Lipinski definition) is 5. The molecule has 0 unspecified atom stereocenters. The lowest BCUT2D eigenvalue weighted by Gasteiger charge is -2.23. The third-order valence-electron chi connectivity index (χ3n) is 4.20. The largest absolute Gasteiger partial charge is 0.382 e. The van der Waals surface area contributed by atoms with Crippen molar-refractivity contribution in [2.24, 2.45) is 5.16 Å². The Morgan fingerprint density at radius 3 is 2.75 bits per heavy atom. The molecule has 128 valence electrons. The molecule has 0 saturated heterocycles. The Labute approximate surface area is 140 Å². The van der Waals surface area contributed by atoms with Gasteiger partial charge in [0.2, 0.25) is 6.10 Å². The van der Waals surface area contributed by atoms with E-state index in [2.05, 4.69) is 26.3 Å². The minimum atomic E-state index is -0.754. The van der Waals surface area contributed by atoms with Gasteiger partial charge in [0.1, 0.15) is 0 Å². The van der Waals surface area contributed by atoms with Crippen molar-refractivity contribution in [2.45, 2.75) is 50.7 Å². The minimum Gasteiger partial charge on any atom is -0.382 e. The van der Waals surface area contributed by atoms with Gasteiger partial charge in [-0.2, -0.15) is 0 Å². The molecule has 1 aliphatic heterocycles. The number of nitrogens with one attached hydrogen (secondary N) is 3. The first kappa shape index (κ1) is 16.2. The lowest BCUT2D eigenvalue weighted by Crippen LogP contribution is -2.52. The fourth-order valence-electron chi connectivity index (χ4n) is 2.89. The van der Waals surface area contributed by atoms with E-state index in [1.807, 2.05) is 6.07 Å². The van der Waals surface area contributed by atoms with Gasteiger partial charge in [-0.25, -0.2) is 10.2 Å². The summed E-state index contributed by atoms with van der Waals surface area (Å²) in [7, 11) is 0. The molecule has 8 nitrogen and oxygen atoms in total. The smallest absolute Gasteiger partial charge is 0.333 e. The number of amides is 3. The van der Waals surface area contributed by atoms with Crippen molar-refractivity contribution in [1.82, 2.24) is 21.2 Å². The summed E-state index contributed by atoms with van der Waals surface area (Å²) >= 11 is 0. The molecular formula is C16H21N5O3. The Kier molecular flexibility index (Phi) is 5.25. The highest BCUT2D eigenvalue weighted by atomic mass is 16.6. The van der Waals surface area contributed by atoms with E-state index < -0.39 is 18.0 Å². The lowest BCUT2D eigenvalue weighted by atomic mass is 9.96. The van der Waals surface area contributed by atoms with E-state index in [0.29, 0.717) is 12.1 Å². The van der Waals surface area contributed by atoms with E-state index in [4.69, 9.17) is 4.84 Å². The van der Waals surface area contributed by atoms with E-state index in [0.717, 1.165) is 31.2 Å². The van der Waals surface area contributed by atoms with Crippen LogP contribution in [0.3, 0.4) is 0 Å². The normalized spacial score (nSPS) is 20.7. The zero-order chi connectivity index (χ0) is 16.8. The summed E-state index contributed by atoms with van der Waals surface area (Å²) in [4.78, 5) is 33.0. The van der Waals surface area contributed by atoms with Crippen LogP contribution in [0.2, 0.25) is 0 Å².